The van der Waals surface area contributed by atoms with E-state index in [4.69, 9.17) is 9.84 Å². The third kappa shape index (κ3) is 16.3. The van der Waals surface area contributed by atoms with Crippen LogP contribution in [0.15, 0.2) is 0 Å². The van der Waals surface area contributed by atoms with Crippen molar-refractivity contribution < 1.29 is 9.84 Å². The molecule has 1 unspecified atom stereocenters. The topological polar surface area (TPSA) is 29.5 Å². The first-order valence-electron chi connectivity index (χ1n) is 10.1. The van der Waals surface area contributed by atoms with E-state index in [0.29, 0.717) is 12.7 Å². The Balaban J connectivity index is 3.33. The zero-order valence-corrected chi connectivity index (χ0v) is 15.5. The Bertz CT molecular complexity index is 186. The van der Waals surface area contributed by atoms with Crippen LogP contribution in [-0.4, -0.2) is 24.4 Å². The summed E-state index contributed by atoms with van der Waals surface area (Å²) in [4.78, 5) is 0. The molecular weight excluding hydrogens is 272 g/mol. The molecule has 0 rings (SSSR count). The van der Waals surface area contributed by atoms with Gasteiger partial charge in [0.15, 0.2) is 0 Å². The van der Waals surface area contributed by atoms with Gasteiger partial charge in [0.1, 0.15) is 0 Å². The Morgan fingerprint density at radius 1 is 0.636 bits per heavy atom. The number of ether oxygens (including phenoxy) is 1. The third-order valence-corrected chi connectivity index (χ3v) is 4.45. The van der Waals surface area contributed by atoms with Gasteiger partial charge in [-0.3, -0.25) is 0 Å². The molecule has 0 amide bonds. The van der Waals surface area contributed by atoms with E-state index in [-0.39, 0.29) is 6.61 Å². The van der Waals surface area contributed by atoms with Crippen LogP contribution in [0, 0.1) is 0 Å². The summed E-state index contributed by atoms with van der Waals surface area (Å²) in [6, 6.07) is 0. The lowest BCUT2D eigenvalue weighted by molar-refractivity contribution is 0.0169. The molecule has 0 aliphatic heterocycles. The minimum absolute atomic E-state index is 0.154. The fourth-order valence-electron chi connectivity index (χ4n) is 3.00. The van der Waals surface area contributed by atoms with E-state index < -0.39 is 0 Å². The fraction of sp³-hybridized carbons (Fsp3) is 1.00. The molecule has 2 nitrogen and oxygen atoms in total. The van der Waals surface area contributed by atoms with E-state index >= 15 is 0 Å². The van der Waals surface area contributed by atoms with Gasteiger partial charge in [0.2, 0.25) is 0 Å². The summed E-state index contributed by atoms with van der Waals surface area (Å²) >= 11 is 0. The minimum atomic E-state index is 0.154. The van der Waals surface area contributed by atoms with Crippen LogP contribution in [0.2, 0.25) is 0 Å². The molecule has 22 heavy (non-hydrogen) atoms. The number of aliphatic hydroxyl groups is 1. The van der Waals surface area contributed by atoms with Crippen molar-refractivity contribution in [3.8, 4) is 0 Å². The van der Waals surface area contributed by atoms with Crippen molar-refractivity contribution in [3.05, 3.63) is 0 Å². The second kappa shape index (κ2) is 19.0. The molecule has 0 heterocycles. The maximum absolute atomic E-state index is 8.88. The van der Waals surface area contributed by atoms with Crippen molar-refractivity contribution in [2.75, 3.05) is 13.2 Å². The van der Waals surface area contributed by atoms with Gasteiger partial charge in [-0.1, -0.05) is 97.3 Å². The van der Waals surface area contributed by atoms with Crippen molar-refractivity contribution in [1.82, 2.24) is 0 Å². The number of aliphatic hydroxyl groups excluding tert-OH is 1. The Morgan fingerprint density at radius 3 is 1.59 bits per heavy atom. The first-order chi connectivity index (χ1) is 10.8. The fourth-order valence-corrected chi connectivity index (χ4v) is 3.00. The summed E-state index contributed by atoms with van der Waals surface area (Å²) in [5, 5.41) is 8.88. The Hall–Kier alpha value is -0.0800. The lowest BCUT2D eigenvalue weighted by Crippen LogP contribution is -2.15. The molecule has 1 atom stereocenters. The second-order valence-corrected chi connectivity index (χ2v) is 6.68. The number of hydrogen-bond acceptors (Lipinski definition) is 2. The van der Waals surface area contributed by atoms with Gasteiger partial charge in [0, 0.05) is 0 Å². The zero-order valence-electron chi connectivity index (χ0n) is 15.5. The van der Waals surface area contributed by atoms with E-state index in [2.05, 4.69) is 13.8 Å². The number of unbranched alkanes of at least 4 members (excludes halogenated alkanes) is 11. The predicted molar refractivity (Wildman–Crippen MR) is 97.4 cm³/mol. The summed E-state index contributed by atoms with van der Waals surface area (Å²) in [5.74, 6) is 0. The van der Waals surface area contributed by atoms with E-state index in [1.165, 1.54) is 89.9 Å². The van der Waals surface area contributed by atoms with Crippen molar-refractivity contribution >= 4 is 0 Å². The lowest BCUT2D eigenvalue weighted by atomic mass is 10.0. The Kier molecular flexibility index (Phi) is 18.9. The Labute approximate surface area is 140 Å². The molecule has 0 aromatic heterocycles. The van der Waals surface area contributed by atoms with E-state index in [1.807, 2.05) is 0 Å². The van der Waals surface area contributed by atoms with Gasteiger partial charge in [-0.05, 0) is 12.8 Å². The molecule has 0 saturated heterocycles. The lowest BCUT2D eigenvalue weighted by Gasteiger charge is -2.17. The maximum Gasteiger partial charge on any atom is 0.0701 e. The molecular formula is C20H42O2. The zero-order chi connectivity index (χ0) is 16.3. The van der Waals surface area contributed by atoms with Gasteiger partial charge in [-0.25, -0.2) is 0 Å². The molecule has 0 aromatic rings. The number of hydrogen-bond donors (Lipinski definition) is 1. The summed E-state index contributed by atoms with van der Waals surface area (Å²) < 4.78 is 5.74. The SMILES string of the molecule is CCCCCCCCCCCCCC(CCCC)OCCO. The van der Waals surface area contributed by atoms with E-state index in [1.54, 1.807) is 0 Å². The van der Waals surface area contributed by atoms with Gasteiger partial charge in [-0.15, -0.1) is 0 Å². The van der Waals surface area contributed by atoms with Crippen molar-refractivity contribution in [1.29, 1.82) is 0 Å². The average Bonchev–Trinajstić information content (AvgIpc) is 2.54. The van der Waals surface area contributed by atoms with Crippen molar-refractivity contribution in [3.63, 3.8) is 0 Å². The highest BCUT2D eigenvalue weighted by Crippen LogP contribution is 2.16. The van der Waals surface area contributed by atoms with Crippen molar-refractivity contribution in [2.45, 2.75) is 116 Å². The predicted octanol–water partition coefficient (Wildman–Crippen LogP) is 6.26. The average molecular weight is 315 g/mol. The van der Waals surface area contributed by atoms with E-state index in [0.717, 1.165) is 6.42 Å². The monoisotopic (exact) mass is 314 g/mol. The molecule has 0 aliphatic carbocycles. The molecule has 134 valence electrons. The number of rotatable bonds is 18. The highest BCUT2D eigenvalue weighted by Gasteiger charge is 2.07. The van der Waals surface area contributed by atoms with Crippen LogP contribution in [0.1, 0.15) is 110 Å². The van der Waals surface area contributed by atoms with Gasteiger partial charge in [-0.2, -0.15) is 0 Å². The minimum Gasteiger partial charge on any atom is -0.394 e. The first kappa shape index (κ1) is 21.9. The second-order valence-electron chi connectivity index (χ2n) is 6.68. The smallest absolute Gasteiger partial charge is 0.0701 e. The first-order valence-corrected chi connectivity index (χ1v) is 10.1. The Morgan fingerprint density at radius 2 is 1.09 bits per heavy atom. The van der Waals surface area contributed by atoms with Crippen LogP contribution in [0.25, 0.3) is 0 Å². The van der Waals surface area contributed by atoms with Crippen LogP contribution in [-0.2, 0) is 4.74 Å². The maximum atomic E-state index is 8.88. The van der Waals surface area contributed by atoms with Crippen LogP contribution in [0.4, 0.5) is 0 Å². The largest absolute Gasteiger partial charge is 0.394 e. The van der Waals surface area contributed by atoms with Gasteiger partial charge >= 0.3 is 0 Å². The van der Waals surface area contributed by atoms with Gasteiger partial charge in [0.25, 0.3) is 0 Å². The summed E-state index contributed by atoms with van der Waals surface area (Å²) in [7, 11) is 0. The van der Waals surface area contributed by atoms with Crippen molar-refractivity contribution in [2.24, 2.45) is 0 Å². The molecule has 0 spiro atoms. The molecule has 0 saturated carbocycles. The molecule has 0 fully saturated rings. The molecule has 0 aromatic carbocycles. The molecule has 1 N–H and O–H groups in total. The summed E-state index contributed by atoms with van der Waals surface area (Å²) in [6.45, 7) is 5.17. The van der Waals surface area contributed by atoms with Crippen LogP contribution in [0.5, 0.6) is 0 Å². The molecule has 0 bridgehead atoms. The van der Waals surface area contributed by atoms with Crippen LogP contribution in [0.3, 0.4) is 0 Å². The molecule has 0 radical (unpaired) electrons. The summed E-state index contributed by atoms with van der Waals surface area (Å²) in [6.07, 6.45) is 20.6. The van der Waals surface area contributed by atoms with Gasteiger partial charge in [0.05, 0.1) is 19.3 Å². The van der Waals surface area contributed by atoms with Crippen LogP contribution < -0.4 is 0 Å². The highest BCUT2D eigenvalue weighted by molar-refractivity contribution is 4.59. The summed E-state index contributed by atoms with van der Waals surface area (Å²) in [5.41, 5.74) is 0. The third-order valence-electron chi connectivity index (χ3n) is 4.45. The molecule has 0 aliphatic rings. The van der Waals surface area contributed by atoms with Gasteiger partial charge < -0.3 is 9.84 Å². The van der Waals surface area contributed by atoms with Crippen LogP contribution >= 0.6 is 0 Å². The van der Waals surface area contributed by atoms with E-state index in [9.17, 15) is 0 Å². The standard InChI is InChI=1S/C20H42O2/c1-3-5-7-8-9-10-11-12-13-14-15-17-20(16-6-4-2)22-19-18-21/h20-21H,3-19H2,1-2H3. The quantitative estimate of drug-likeness (QED) is 0.303. The highest BCUT2D eigenvalue weighted by atomic mass is 16.5. The molecule has 2 heteroatoms. The normalized spacial score (nSPS) is 12.7.